The lowest BCUT2D eigenvalue weighted by molar-refractivity contribution is -0.147. The minimum absolute atomic E-state index is 0.0290. The van der Waals surface area contributed by atoms with E-state index < -0.39 is 21.4 Å². The summed E-state index contributed by atoms with van der Waals surface area (Å²) in [5, 5.41) is 3.06. The third kappa shape index (κ3) is 4.02. The van der Waals surface area contributed by atoms with Gasteiger partial charge in [0.15, 0.2) is 0 Å². The molecular formula is C22H27BrClFN4O4S. The zero-order chi connectivity index (χ0) is 24.4. The smallest absolute Gasteiger partial charge is 0.304 e. The van der Waals surface area contributed by atoms with Crippen molar-refractivity contribution in [1.29, 1.82) is 0 Å². The van der Waals surface area contributed by atoms with Gasteiger partial charge >= 0.3 is 10.2 Å². The van der Waals surface area contributed by atoms with E-state index in [9.17, 15) is 22.4 Å². The number of halogens is 3. The monoisotopic (exact) mass is 576 g/mol. The fourth-order valence-electron chi connectivity index (χ4n) is 6.87. The van der Waals surface area contributed by atoms with Gasteiger partial charge in [-0.2, -0.15) is 12.7 Å². The second-order valence-corrected chi connectivity index (χ2v) is 13.3. The summed E-state index contributed by atoms with van der Waals surface area (Å²) in [7, 11) is -4.04. The normalized spacial score (nSPS) is 34.3. The first-order valence-corrected chi connectivity index (χ1v) is 14.1. The maximum atomic E-state index is 13.7. The Bertz CT molecular complexity index is 1110. The minimum Gasteiger partial charge on any atom is -0.369 e. The fourth-order valence-corrected chi connectivity index (χ4v) is 9.82. The quantitative estimate of drug-likeness (QED) is 0.560. The van der Waals surface area contributed by atoms with Gasteiger partial charge in [0.1, 0.15) is 5.82 Å². The molecule has 1 saturated heterocycles. The average molecular weight is 578 g/mol. The van der Waals surface area contributed by atoms with Crippen LogP contribution in [0.4, 0.5) is 10.1 Å². The molecule has 3 N–H and O–H groups in total. The summed E-state index contributed by atoms with van der Waals surface area (Å²) >= 11 is 9.38. The van der Waals surface area contributed by atoms with Crippen molar-refractivity contribution < 1.29 is 22.4 Å². The van der Waals surface area contributed by atoms with Crippen molar-refractivity contribution in [3.8, 4) is 0 Å². The minimum atomic E-state index is -4.04. The van der Waals surface area contributed by atoms with Gasteiger partial charge in [-0.1, -0.05) is 11.6 Å². The number of carbonyl (C=O) groups excluding carboxylic acids is 2. The lowest BCUT2D eigenvalue weighted by Crippen LogP contribution is -2.63. The highest BCUT2D eigenvalue weighted by molar-refractivity contribution is 9.10. The average Bonchev–Trinajstić information content (AvgIpc) is 2.72. The zero-order valence-electron chi connectivity index (χ0n) is 18.5. The molecule has 1 aliphatic heterocycles. The van der Waals surface area contributed by atoms with E-state index in [1.165, 1.54) is 0 Å². The maximum absolute atomic E-state index is 13.7. The first-order chi connectivity index (χ1) is 16.0. The molecule has 6 rings (SSSR count). The molecule has 4 aliphatic carbocycles. The van der Waals surface area contributed by atoms with Gasteiger partial charge in [0.25, 0.3) is 0 Å². The Labute approximate surface area is 211 Å². The Morgan fingerprint density at radius 1 is 1.21 bits per heavy atom. The van der Waals surface area contributed by atoms with E-state index in [2.05, 4.69) is 21.2 Å². The molecule has 2 atom stereocenters. The highest BCUT2D eigenvalue weighted by Gasteiger charge is 2.58. The van der Waals surface area contributed by atoms with Gasteiger partial charge in [0.05, 0.1) is 17.3 Å². The lowest BCUT2D eigenvalue weighted by atomic mass is 9.47. The largest absolute Gasteiger partial charge is 0.369 e. The molecule has 4 saturated carbocycles. The van der Waals surface area contributed by atoms with Crippen LogP contribution in [0.25, 0.3) is 0 Å². The van der Waals surface area contributed by atoms with E-state index >= 15 is 0 Å². The highest BCUT2D eigenvalue weighted by Crippen LogP contribution is 2.59. The summed E-state index contributed by atoms with van der Waals surface area (Å²) in [6.07, 6.45) is 4.64. The number of nitrogens with zero attached hydrogens (tertiary/aromatic N) is 2. The molecule has 1 heterocycles. The summed E-state index contributed by atoms with van der Waals surface area (Å²) < 4.78 is 42.8. The summed E-state index contributed by atoms with van der Waals surface area (Å²) in [6.45, 7) is 0.0659. The molecule has 2 unspecified atom stereocenters. The molecule has 5 fully saturated rings. The van der Waals surface area contributed by atoms with Gasteiger partial charge in [-0.05, 0) is 84.3 Å². The molecule has 5 aliphatic rings. The van der Waals surface area contributed by atoms with E-state index in [0.29, 0.717) is 25.2 Å². The summed E-state index contributed by atoms with van der Waals surface area (Å²) in [5.74, 6) is -0.340. The van der Waals surface area contributed by atoms with Crippen molar-refractivity contribution in [3.05, 3.63) is 27.4 Å². The number of rotatable bonds is 5. The number of anilines is 1. The van der Waals surface area contributed by atoms with Crippen LogP contribution in [0, 0.1) is 29.0 Å². The third-order valence-corrected chi connectivity index (χ3v) is 10.8. The van der Waals surface area contributed by atoms with Crippen molar-refractivity contribution in [3.63, 3.8) is 0 Å². The summed E-state index contributed by atoms with van der Waals surface area (Å²) in [4.78, 5) is 25.2. The van der Waals surface area contributed by atoms with Gasteiger partial charge < -0.3 is 11.1 Å². The van der Waals surface area contributed by atoms with E-state index in [1.807, 2.05) is 0 Å². The molecule has 2 amide bonds. The molecule has 8 nitrogen and oxygen atoms in total. The Balaban J connectivity index is 1.30. The standard InChI is InChI=1S/C22H27BrClFN4O4S/c23-16-6-15(25)7-17(24)20(16)29-3-1-2-28(34(29,32)33)11-18(30)27-19-13-4-12-5-14(19)10-22(8-12,9-13)21(26)31/h6-7,12-14,19H,1-5,8-11H2,(H2,26,31)(H,27,30). The number of hydrogen-bond acceptors (Lipinski definition) is 4. The van der Waals surface area contributed by atoms with Crippen LogP contribution in [-0.2, 0) is 19.8 Å². The first kappa shape index (κ1) is 24.3. The Hall–Kier alpha value is -1.43. The van der Waals surface area contributed by atoms with Crippen molar-refractivity contribution in [2.24, 2.45) is 28.9 Å². The van der Waals surface area contributed by atoms with Crippen LogP contribution < -0.4 is 15.4 Å². The van der Waals surface area contributed by atoms with E-state index in [-0.39, 0.29) is 64.5 Å². The van der Waals surface area contributed by atoms with Crippen LogP contribution in [0.5, 0.6) is 0 Å². The SMILES string of the molecule is NC(=O)C12CC3CC(C1)C(NC(=O)CN1CCCN(c4c(Cl)cc(F)cc4Br)S1(=O)=O)C(C3)C2. The van der Waals surface area contributed by atoms with Crippen molar-refractivity contribution in [2.45, 2.75) is 44.6 Å². The van der Waals surface area contributed by atoms with Crippen molar-refractivity contribution in [1.82, 2.24) is 9.62 Å². The molecule has 12 heteroatoms. The molecular weight excluding hydrogens is 551 g/mol. The fraction of sp³-hybridized carbons (Fsp3) is 0.636. The van der Waals surface area contributed by atoms with Gasteiger partial charge in [0, 0.05) is 29.0 Å². The van der Waals surface area contributed by atoms with Crippen LogP contribution in [0.2, 0.25) is 5.02 Å². The lowest BCUT2D eigenvalue weighted by Gasteiger charge is -2.58. The number of hydrogen-bond donors (Lipinski definition) is 2. The molecule has 186 valence electrons. The Kier molecular flexibility index (Phi) is 6.14. The van der Waals surface area contributed by atoms with Gasteiger partial charge in [0.2, 0.25) is 11.8 Å². The van der Waals surface area contributed by atoms with Crippen LogP contribution >= 0.6 is 27.5 Å². The van der Waals surface area contributed by atoms with Crippen LogP contribution in [0.15, 0.2) is 16.6 Å². The predicted octanol–water partition coefficient (Wildman–Crippen LogP) is 2.79. The van der Waals surface area contributed by atoms with Crippen molar-refractivity contribution in [2.75, 3.05) is 23.9 Å². The van der Waals surface area contributed by atoms with Gasteiger partial charge in [-0.15, -0.1) is 0 Å². The van der Waals surface area contributed by atoms with E-state index in [1.54, 1.807) is 0 Å². The number of amides is 2. The van der Waals surface area contributed by atoms with Crippen LogP contribution in [0.3, 0.4) is 0 Å². The molecule has 1 aromatic rings. The number of nitrogens with one attached hydrogen (secondary N) is 1. The summed E-state index contributed by atoms with van der Waals surface area (Å²) in [5.41, 5.74) is 5.45. The van der Waals surface area contributed by atoms with E-state index in [0.717, 1.165) is 40.0 Å². The van der Waals surface area contributed by atoms with E-state index in [4.69, 9.17) is 17.3 Å². The second-order valence-electron chi connectivity index (χ2n) is 10.2. The molecule has 0 radical (unpaired) electrons. The Morgan fingerprint density at radius 3 is 2.50 bits per heavy atom. The first-order valence-electron chi connectivity index (χ1n) is 11.5. The molecule has 34 heavy (non-hydrogen) atoms. The highest BCUT2D eigenvalue weighted by atomic mass is 79.9. The number of primary amides is 1. The Morgan fingerprint density at radius 2 is 1.88 bits per heavy atom. The number of carbonyl (C=O) groups is 2. The van der Waals surface area contributed by atoms with Crippen molar-refractivity contribution >= 4 is 55.2 Å². The van der Waals surface area contributed by atoms with Crippen LogP contribution in [-0.4, -0.2) is 50.2 Å². The zero-order valence-corrected chi connectivity index (χ0v) is 21.6. The number of benzene rings is 1. The molecule has 0 spiro atoms. The van der Waals surface area contributed by atoms with Gasteiger partial charge in [-0.25, -0.2) is 4.39 Å². The molecule has 1 aromatic carbocycles. The predicted molar refractivity (Wildman–Crippen MR) is 129 cm³/mol. The second kappa shape index (κ2) is 8.60. The summed E-state index contributed by atoms with van der Waals surface area (Å²) in [6, 6.07) is 2.16. The van der Waals surface area contributed by atoms with Crippen LogP contribution in [0.1, 0.15) is 38.5 Å². The topological polar surface area (TPSA) is 113 Å². The van der Waals surface area contributed by atoms with Gasteiger partial charge in [-0.3, -0.25) is 13.9 Å². The molecule has 0 aromatic heterocycles. The maximum Gasteiger partial charge on any atom is 0.304 e. The third-order valence-electron chi connectivity index (χ3n) is 8.05. The number of nitrogens with two attached hydrogens (primary N) is 1. The molecule has 4 bridgehead atoms.